The maximum absolute atomic E-state index is 12.4. The van der Waals surface area contributed by atoms with Crippen LogP contribution in [0.25, 0.3) is 0 Å². The third-order valence-electron chi connectivity index (χ3n) is 3.97. The van der Waals surface area contributed by atoms with Crippen molar-refractivity contribution in [3.05, 3.63) is 28.8 Å². The number of rotatable bonds is 2. The van der Waals surface area contributed by atoms with Gasteiger partial charge in [-0.15, -0.1) is 0 Å². The third-order valence-corrected chi connectivity index (χ3v) is 3.97. The average Bonchev–Trinajstić information content (AvgIpc) is 2.75. The Morgan fingerprint density at radius 2 is 2.10 bits per heavy atom. The monoisotopic (exact) mass is 276 g/mol. The summed E-state index contributed by atoms with van der Waals surface area (Å²) >= 11 is 0. The molecule has 20 heavy (non-hydrogen) atoms. The predicted molar refractivity (Wildman–Crippen MR) is 74.0 cm³/mol. The normalized spacial score (nSPS) is 28.2. The lowest BCUT2D eigenvalue weighted by molar-refractivity contribution is -0.164. The van der Waals surface area contributed by atoms with Crippen molar-refractivity contribution in [2.75, 3.05) is 7.11 Å². The van der Waals surface area contributed by atoms with E-state index in [1.807, 2.05) is 32.9 Å². The minimum Gasteiger partial charge on any atom is -0.481 e. The molecule has 0 fully saturated rings. The molecule has 0 spiro atoms. The lowest BCUT2D eigenvalue weighted by Gasteiger charge is -2.30. The van der Waals surface area contributed by atoms with Gasteiger partial charge < -0.3 is 14.2 Å². The molecule has 0 amide bonds. The summed E-state index contributed by atoms with van der Waals surface area (Å²) in [6.07, 6.45) is 0.0612. The summed E-state index contributed by atoms with van der Waals surface area (Å²) < 4.78 is 17.2. The molecular weight excluding hydrogens is 256 g/mol. The van der Waals surface area contributed by atoms with E-state index in [2.05, 4.69) is 0 Å². The van der Waals surface area contributed by atoms with Crippen LogP contribution in [-0.4, -0.2) is 25.1 Å². The van der Waals surface area contributed by atoms with Gasteiger partial charge in [-0.25, -0.2) is 0 Å². The first-order valence-electron chi connectivity index (χ1n) is 7.07. The van der Waals surface area contributed by atoms with Crippen LogP contribution in [0.3, 0.4) is 0 Å². The number of ketones is 1. The third kappa shape index (κ3) is 1.95. The molecule has 4 heteroatoms. The number of Topliss-reactive ketones (excluding diaryl/α,β-unsaturated/α-hetero) is 1. The van der Waals surface area contributed by atoms with Gasteiger partial charge in [0.05, 0.1) is 17.2 Å². The Kier molecular flexibility index (Phi) is 3.30. The fourth-order valence-corrected chi connectivity index (χ4v) is 2.98. The molecule has 0 aliphatic carbocycles. The minimum atomic E-state index is -0.456. The van der Waals surface area contributed by atoms with Crippen LogP contribution in [0.1, 0.15) is 48.5 Å². The molecule has 0 saturated carbocycles. The molecule has 1 aromatic carbocycles. The molecule has 0 aromatic heterocycles. The lowest BCUT2D eigenvalue weighted by Crippen LogP contribution is -2.27. The van der Waals surface area contributed by atoms with E-state index < -0.39 is 12.4 Å². The quantitative estimate of drug-likeness (QED) is 0.833. The second-order valence-corrected chi connectivity index (χ2v) is 5.88. The minimum absolute atomic E-state index is 0.0614. The van der Waals surface area contributed by atoms with Crippen LogP contribution in [0, 0.1) is 5.92 Å². The highest BCUT2D eigenvalue weighted by molar-refractivity contribution is 6.05. The van der Waals surface area contributed by atoms with Crippen molar-refractivity contribution in [3.8, 4) is 5.75 Å². The van der Waals surface area contributed by atoms with Crippen LogP contribution >= 0.6 is 0 Å². The first-order valence-corrected chi connectivity index (χ1v) is 7.07. The van der Waals surface area contributed by atoms with Crippen molar-refractivity contribution >= 4 is 5.78 Å². The zero-order valence-corrected chi connectivity index (χ0v) is 12.3. The number of fused-ring (bicyclic) bond motifs is 3. The van der Waals surface area contributed by atoms with E-state index in [4.69, 9.17) is 14.2 Å². The molecule has 2 aliphatic heterocycles. The van der Waals surface area contributed by atoms with Crippen molar-refractivity contribution < 1.29 is 19.0 Å². The van der Waals surface area contributed by atoms with Gasteiger partial charge in [0.25, 0.3) is 0 Å². The van der Waals surface area contributed by atoms with Gasteiger partial charge in [0.2, 0.25) is 5.78 Å². The molecule has 3 atom stereocenters. The van der Waals surface area contributed by atoms with Crippen molar-refractivity contribution in [1.29, 1.82) is 0 Å². The standard InChI is InChI=1S/C16H20O4/c1-8(2)14-13(17)11-6-5-10-7-9(3)19-16(18-4)12(10)15(11)20-14/h5-6,8-9,14,16H,7H2,1-4H3. The van der Waals surface area contributed by atoms with Crippen LogP contribution in [0.2, 0.25) is 0 Å². The Labute approximate surface area is 119 Å². The van der Waals surface area contributed by atoms with Crippen LogP contribution in [0.15, 0.2) is 12.1 Å². The summed E-state index contributed by atoms with van der Waals surface area (Å²) in [5.74, 6) is 0.867. The smallest absolute Gasteiger partial charge is 0.207 e. The van der Waals surface area contributed by atoms with Crippen LogP contribution in [-0.2, 0) is 15.9 Å². The summed E-state index contributed by atoms with van der Waals surface area (Å²) in [5, 5.41) is 0. The van der Waals surface area contributed by atoms with Gasteiger partial charge in [0.15, 0.2) is 12.4 Å². The molecule has 2 heterocycles. The second kappa shape index (κ2) is 4.86. The zero-order chi connectivity index (χ0) is 14.4. The molecule has 108 valence electrons. The maximum atomic E-state index is 12.4. The van der Waals surface area contributed by atoms with E-state index in [9.17, 15) is 4.79 Å². The molecule has 3 rings (SSSR count). The summed E-state index contributed by atoms with van der Waals surface area (Å²) in [5.41, 5.74) is 2.69. The molecule has 4 nitrogen and oxygen atoms in total. The molecule has 3 unspecified atom stereocenters. The van der Waals surface area contributed by atoms with Crippen molar-refractivity contribution in [2.45, 2.75) is 45.7 Å². The van der Waals surface area contributed by atoms with Gasteiger partial charge in [0.1, 0.15) is 5.75 Å². The highest BCUT2D eigenvalue weighted by Crippen LogP contribution is 2.43. The van der Waals surface area contributed by atoms with Crippen LogP contribution < -0.4 is 4.74 Å². The van der Waals surface area contributed by atoms with Crippen molar-refractivity contribution in [2.24, 2.45) is 5.92 Å². The second-order valence-electron chi connectivity index (χ2n) is 5.88. The summed E-state index contributed by atoms with van der Waals surface area (Å²) in [7, 11) is 1.61. The Bertz CT molecular complexity index is 550. The largest absolute Gasteiger partial charge is 0.481 e. The number of benzene rings is 1. The molecule has 1 aromatic rings. The Balaban J connectivity index is 2.10. The molecule has 0 bridgehead atoms. The molecular formula is C16H20O4. The van der Waals surface area contributed by atoms with Gasteiger partial charge in [0, 0.05) is 7.11 Å². The zero-order valence-electron chi connectivity index (χ0n) is 12.3. The highest BCUT2D eigenvalue weighted by Gasteiger charge is 2.40. The fraction of sp³-hybridized carbons (Fsp3) is 0.562. The predicted octanol–water partition coefficient (Wildman–Crippen LogP) is 2.89. The summed E-state index contributed by atoms with van der Waals surface area (Å²) in [6.45, 7) is 6.01. The SMILES string of the molecule is COC1OC(C)Cc2ccc3c(c21)OC(C(C)C)C3=O. The molecule has 0 saturated heterocycles. The average molecular weight is 276 g/mol. The van der Waals surface area contributed by atoms with Crippen LogP contribution in [0.5, 0.6) is 5.75 Å². The van der Waals surface area contributed by atoms with E-state index in [1.54, 1.807) is 7.11 Å². The van der Waals surface area contributed by atoms with E-state index in [1.165, 1.54) is 0 Å². The number of carbonyl (C=O) groups excluding carboxylic acids is 1. The molecule has 0 N–H and O–H groups in total. The van der Waals surface area contributed by atoms with Gasteiger partial charge in [-0.2, -0.15) is 0 Å². The van der Waals surface area contributed by atoms with Gasteiger partial charge >= 0.3 is 0 Å². The number of hydrogen-bond donors (Lipinski definition) is 0. The fourth-order valence-electron chi connectivity index (χ4n) is 2.98. The summed E-state index contributed by atoms with van der Waals surface area (Å²) in [6, 6.07) is 3.88. The Morgan fingerprint density at radius 1 is 1.35 bits per heavy atom. The van der Waals surface area contributed by atoms with E-state index in [-0.39, 0.29) is 17.8 Å². The Morgan fingerprint density at radius 3 is 2.75 bits per heavy atom. The van der Waals surface area contributed by atoms with Crippen LogP contribution in [0.4, 0.5) is 0 Å². The lowest BCUT2D eigenvalue weighted by atomic mass is 9.93. The van der Waals surface area contributed by atoms with Gasteiger partial charge in [-0.1, -0.05) is 19.9 Å². The van der Waals surface area contributed by atoms with Crippen molar-refractivity contribution in [1.82, 2.24) is 0 Å². The number of ether oxygens (including phenoxy) is 3. The van der Waals surface area contributed by atoms with Gasteiger partial charge in [-0.05, 0) is 30.9 Å². The first kappa shape index (κ1) is 13.6. The van der Waals surface area contributed by atoms with E-state index in [0.29, 0.717) is 11.3 Å². The summed E-state index contributed by atoms with van der Waals surface area (Å²) in [4.78, 5) is 12.4. The molecule has 0 radical (unpaired) electrons. The van der Waals surface area contributed by atoms with E-state index in [0.717, 1.165) is 17.5 Å². The Hall–Kier alpha value is -1.39. The topological polar surface area (TPSA) is 44.8 Å². The first-order chi connectivity index (χ1) is 9.52. The number of carbonyl (C=O) groups is 1. The molecule has 2 aliphatic rings. The van der Waals surface area contributed by atoms with Crippen molar-refractivity contribution in [3.63, 3.8) is 0 Å². The maximum Gasteiger partial charge on any atom is 0.207 e. The van der Waals surface area contributed by atoms with E-state index >= 15 is 0 Å². The number of hydrogen-bond acceptors (Lipinski definition) is 4. The highest BCUT2D eigenvalue weighted by atomic mass is 16.7. The number of methoxy groups -OCH3 is 1. The van der Waals surface area contributed by atoms with Gasteiger partial charge in [-0.3, -0.25) is 4.79 Å².